The van der Waals surface area contributed by atoms with Gasteiger partial charge in [-0.2, -0.15) is 0 Å². The molecular formula is C22H19Cl2N3O2S. The van der Waals surface area contributed by atoms with Crippen molar-refractivity contribution in [2.45, 2.75) is 19.8 Å². The van der Waals surface area contributed by atoms with Gasteiger partial charge in [0.2, 0.25) is 5.91 Å². The van der Waals surface area contributed by atoms with Crippen LogP contribution in [-0.4, -0.2) is 16.9 Å². The van der Waals surface area contributed by atoms with Crippen molar-refractivity contribution in [1.82, 2.24) is 5.32 Å². The molecule has 3 N–H and O–H groups in total. The molecule has 0 saturated carbocycles. The molecule has 0 unspecified atom stereocenters. The number of hydrogen-bond donors (Lipinski definition) is 3. The first-order valence-corrected chi connectivity index (χ1v) is 10.4. The first kappa shape index (κ1) is 22.0. The highest BCUT2D eigenvalue weighted by atomic mass is 35.5. The van der Waals surface area contributed by atoms with Gasteiger partial charge in [0.1, 0.15) is 0 Å². The van der Waals surface area contributed by atoms with E-state index in [0.717, 1.165) is 17.2 Å². The minimum absolute atomic E-state index is 0.0814. The predicted octanol–water partition coefficient (Wildman–Crippen LogP) is 6.01. The van der Waals surface area contributed by atoms with Crippen LogP contribution >= 0.6 is 35.4 Å². The van der Waals surface area contributed by atoms with Crippen molar-refractivity contribution >= 4 is 74.5 Å². The SMILES string of the molecule is CCCC(=O)Nc1ccc(Cl)c(NC(=S)NC(=O)c2cccc3c(Cl)cccc23)c1. The molecule has 0 atom stereocenters. The van der Waals surface area contributed by atoms with Gasteiger partial charge in [0, 0.05) is 28.1 Å². The number of carbonyl (C=O) groups excluding carboxylic acids is 2. The molecule has 0 spiro atoms. The smallest absolute Gasteiger partial charge is 0.258 e. The third kappa shape index (κ3) is 5.27. The molecule has 2 amide bonds. The van der Waals surface area contributed by atoms with Crippen molar-refractivity contribution in [1.29, 1.82) is 0 Å². The van der Waals surface area contributed by atoms with E-state index in [2.05, 4.69) is 16.0 Å². The maximum absolute atomic E-state index is 12.8. The summed E-state index contributed by atoms with van der Waals surface area (Å²) in [6, 6.07) is 15.7. The molecule has 0 aromatic heterocycles. The Balaban J connectivity index is 1.74. The van der Waals surface area contributed by atoms with Gasteiger partial charge in [0.15, 0.2) is 5.11 Å². The summed E-state index contributed by atoms with van der Waals surface area (Å²) in [5.74, 6) is -0.458. The normalized spacial score (nSPS) is 10.5. The zero-order valence-electron chi connectivity index (χ0n) is 16.1. The number of anilines is 2. The summed E-state index contributed by atoms with van der Waals surface area (Å²) in [4.78, 5) is 24.6. The molecule has 0 aliphatic heterocycles. The number of thiocarbonyl (C=S) groups is 1. The number of halogens is 2. The Morgan fingerprint density at radius 3 is 2.43 bits per heavy atom. The van der Waals surface area contributed by atoms with Gasteiger partial charge in [0.05, 0.1) is 10.7 Å². The second-order valence-electron chi connectivity index (χ2n) is 6.54. The molecule has 0 radical (unpaired) electrons. The number of hydrogen-bond acceptors (Lipinski definition) is 3. The van der Waals surface area contributed by atoms with Gasteiger partial charge in [0.25, 0.3) is 5.91 Å². The number of fused-ring (bicyclic) bond motifs is 1. The fraction of sp³-hybridized carbons (Fsp3) is 0.136. The summed E-state index contributed by atoms with van der Waals surface area (Å²) >= 11 is 17.7. The van der Waals surface area contributed by atoms with Crippen molar-refractivity contribution in [3.05, 3.63) is 70.2 Å². The van der Waals surface area contributed by atoms with Crippen LogP contribution in [0.1, 0.15) is 30.1 Å². The highest BCUT2D eigenvalue weighted by Gasteiger charge is 2.14. The number of carbonyl (C=O) groups is 2. The number of nitrogens with one attached hydrogen (secondary N) is 3. The Labute approximate surface area is 189 Å². The first-order chi connectivity index (χ1) is 14.4. The summed E-state index contributed by atoms with van der Waals surface area (Å²) in [6.07, 6.45) is 1.18. The Morgan fingerprint density at radius 1 is 0.933 bits per heavy atom. The van der Waals surface area contributed by atoms with Gasteiger partial charge >= 0.3 is 0 Å². The molecule has 0 heterocycles. The summed E-state index contributed by atoms with van der Waals surface area (Å²) in [5.41, 5.74) is 1.50. The van der Waals surface area contributed by atoms with E-state index < -0.39 is 0 Å². The third-order valence-electron chi connectivity index (χ3n) is 4.32. The summed E-state index contributed by atoms with van der Waals surface area (Å²) < 4.78 is 0. The molecule has 0 aliphatic rings. The van der Waals surface area contributed by atoms with Crippen LogP contribution in [0.5, 0.6) is 0 Å². The topological polar surface area (TPSA) is 70.2 Å². The molecule has 0 bridgehead atoms. The van der Waals surface area contributed by atoms with E-state index in [4.69, 9.17) is 35.4 Å². The summed E-state index contributed by atoms with van der Waals surface area (Å²) in [6.45, 7) is 1.93. The fourth-order valence-electron chi connectivity index (χ4n) is 2.94. The molecule has 8 heteroatoms. The Bertz CT molecular complexity index is 1130. The lowest BCUT2D eigenvalue weighted by Crippen LogP contribution is -2.34. The van der Waals surface area contributed by atoms with Crippen LogP contribution in [0.25, 0.3) is 10.8 Å². The van der Waals surface area contributed by atoms with Crippen LogP contribution < -0.4 is 16.0 Å². The van der Waals surface area contributed by atoms with Crippen LogP contribution in [0.4, 0.5) is 11.4 Å². The predicted molar refractivity (Wildman–Crippen MR) is 128 cm³/mol. The quantitative estimate of drug-likeness (QED) is 0.408. The molecular weight excluding hydrogens is 441 g/mol. The Kier molecular flexibility index (Phi) is 7.26. The number of rotatable bonds is 5. The van der Waals surface area contributed by atoms with E-state index in [1.807, 2.05) is 19.1 Å². The summed E-state index contributed by atoms with van der Waals surface area (Å²) in [5, 5.41) is 10.9. The minimum atomic E-state index is -0.371. The van der Waals surface area contributed by atoms with Crippen molar-refractivity contribution in [3.8, 4) is 0 Å². The zero-order chi connectivity index (χ0) is 21.7. The highest BCUT2D eigenvalue weighted by molar-refractivity contribution is 7.80. The monoisotopic (exact) mass is 459 g/mol. The molecule has 0 saturated heterocycles. The van der Waals surface area contributed by atoms with Gasteiger partial charge in [-0.3, -0.25) is 14.9 Å². The summed E-state index contributed by atoms with van der Waals surface area (Å²) in [7, 11) is 0. The van der Waals surface area contributed by atoms with E-state index in [-0.39, 0.29) is 16.9 Å². The second kappa shape index (κ2) is 9.89. The molecule has 3 rings (SSSR count). The molecule has 0 fully saturated rings. The lowest BCUT2D eigenvalue weighted by atomic mass is 10.0. The van der Waals surface area contributed by atoms with Crippen molar-refractivity contribution in [3.63, 3.8) is 0 Å². The molecule has 154 valence electrons. The zero-order valence-corrected chi connectivity index (χ0v) is 18.4. The Hall–Kier alpha value is -2.67. The average molecular weight is 460 g/mol. The van der Waals surface area contributed by atoms with E-state index in [0.29, 0.717) is 33.4 Å². The molecule has 3 aromatic rings. The second-order valence-corrected chi connectivity index (χ2v) is 7.76. The first-order valence-electron chi connectivity index (χ1n) is 9.28. The van der Waals surface area contributed by atoms with E-state index in [9.17, 15) is 9.59 Å². The molecule has 5 nitrogen and oxygen atoms in total. The maximum atomic E-state index is 12.8. The maximum Gasteiger partial charge on any atom is 0.258 e. The largest absolute Gasteiger partial charge is 0.331 e. The van der Waals surface area contributed by atoms with E-state index >= 15 is 0 Å². The average Bonchev–Trinajstić information content (AvgIpc) is 2.70. The lowest BCUT2D eigenvalue weighted by molar-refractivity contribution is -0.116. The van der Waals surface area contributed by atoms with Crippen LogP contribution in [-0.2, 0) is 4.79 Å². The van der Waals surface area contributed by atoms with Crippen molar-refractivity contribution in [2.75, 3.05) is 10.6 Å². The molecule has 0 aliphatic carbocycles. The third-order valence-corrected chi connectivity index (χ3v) is 5.18. The van der Waals surface area contributed by atoms with Crippen LogP contribution in [0.2, 0.25) is 10.0 Å². The van der Waals surface area contributed by atoms with Gasteiger partial charge in [-0.1, -0.05) is 54.4 Å². The molecule has 3 aromatic carbocycles. The van der Waals surface area contributed by atoms with Crippen LogP contribution in [0.15, 0.2) is 54.6 Å². The molecule has 30 heavy (non-hydrogen) atoms. The van der Waals surface area contributed by atoms with Gasteiger partial charge in [-0.05, 0) is 54.4 Å². The van der Waals surface area contributed by atoms with Gasteiger partial charge in [-0.15, -0.1) is 0 Å². The van der Waals surface area contributed by atoms with E-state index in [1.165, 1.54) is 0 Å². The van der Waals surface area contributed by atoms with Crippen LogP contribution in [0.3, 0.4) is 0 Å². The highest BCUT2D eigenvalue weighted by Crippen LogP contribution is 2.27. The minimum Gasteiger partial charge on any atom is -0.331 e. The van der Waals surface area contributed by atoms with Gasteiger partial charge < -0.3 is 10.6 Å². The van der Waals surface area contributed by atoms with Gasteiger partial charge in [-0.25, -0.2) is 0 Å². The van der Waals surface area contributed by atoms with Crippen LogP contribution in [0, 0.1) is 0 Å². The lowest BCUT2D eigenvalue weighted by Gasteiger charge is -2.14. The number of benzene rings is 3. The Morgan fingerprint density at radius 2 is 1.67 bits per heavy atom. The van der Waals surface area contributed by atoms with E-state index in [1.54, 1.807) is 42.5 Å². The fourth-order valence-corrected chi connectivity index (χ4v) is 3.55. The van der Waals surface area contributed by atoms with Crippen molar-refractivity contribution in [2.24, 2.45) is 0 Å². The van der Waals surface area contributed by atoms with Crippen molar-refractivity contribution < 1.29 is 9.59 Å². The standard InChI is InChI=1S/C22H19Cl2N3O2S/c1-2-5-20(28)25-13-10-11-18(24)19(12-13)26-22(30)27-21(29)16-8-3-7-15-14(16)6-4-9-17(15)23/h3-4,6-12H,2,5H2,1H3,(H,25,28)(H2,26,27,29,30). The number of amides is 2.